The van der Waals surface area contributed by atoms with E-state index < -0.39 is 0 Å². The van der Waals surface area contributed by atoms with Gasteiger partial charge in [0.2, 0.25) is 0 Å². The number of guanidine groups is 1. The van der Waals surface area contributed by atoms with Gasteiger partial charge in [0.1, 0.15) is 6.54 Å². The summed E-state index contributed by atoms with van der Waals surface area (Å²) in [5.41, 5.74) is 1.46. The first kappa shape index (κ1) is 22.9. The summed E-state index contributed by atoms with van der Waals surface area (Å²) in [6.07, 6.45) is 3.17. The lowest BCUT2D eigenvalue weighted by Crippen LogP contribution is -2.41. The summed E-state index contributed by atoms with van der Waals surface area (Å²) in [4.78, 5) is 20.3. The third-order valence-electron chi connectivity index (χ3n) is 3.53. The van der Waals surface area contributed by atoms with Crippen LogP contribution >= 0.6 is 24.0 Å². The number of nitrogens with one attached hydrogen (secondary N) is 3. The van der Waals surface area contributed by atoms with Crippen molar-refractivity contribution in [2.45, 2.75) is 33.2 Å². The number of aromatic nitrogens is 2. The lowest BCUT2D eigenvalue weighted by molar-refractivity contribution is 0.0954. The molecule has 0 aliphatic carbocycles. The lowest BCUT2D eigenvalue weighted by Gasteiger charge is -2.11. The van der Waals surface area contributed by atoms with E-state index in [2.05, 4.69) is 44.9 Å². The zero-order valence-corrected chi connectivity index (χ0v) is 18.2. The Morgan fingerprint density at radius 2 is 2.04 bits per heavy atom. The molecule has 9 heteroatoms. The van der Waals surface area contributed by atoms with E-state index in [9.17, 15) is 4.79 Å². The van der Waals surface area contributed by atoms with Gasteiger partial charge in [-0.3, -0.25) is 9.78 Å². The summed E-state index contributed by atoms with van der Waals surface area (Å²) in [5.74, 6) is 1.55. The van der Waals surface area contributed by atoms with Crippen LogP contribution in [0.3, 0.4) is 0 Å². The molecule has 0 saturated heterocycles. The Bertz CT molecular complexity index is 718. The molecule has 0 aliphatic heterocycles. The first-order chi connectivity index (χ1) is 12.6. The largest absolute Gasteiger partial charge is 0.359 e. The lowest BCUT2D eigenvalue weighted by atomic mass is 10.1. The fourth-order valence-corrected chi connectivity index (χ4v) is 2.13. The van der Waals surface area contributed by atoms with E-state index in [1.54, 1.807) is 18.3 Å². The van der Waals surface area contributed by atoms with Gasteiger partial charge in [-0.1, -0.05) is 19.0 Å². The van der Waals surface area contributed by atoms with Crippen molar-refractivity contribution in [1.82, 2.24) is 26.1 Å². The second-order valence-corrected chi connectivity index (χ2v) is 5.99. The Morgan fingerprint density at radius 1 is 1.26 bits per heavy atom. The molecule has 0 aromatic carbocycles. The van der Waals surface area contributed by atoms with E-state index in [4.69, 9.17) is 4.52 Å². The van der Waals surface area contributed by atoms with Crippen LogP contribution in [0, 0.1) is 0 Å². The topological polar surface area (TPSA) is 104 Å². The minimum atomic E-state index is -0.148. The van der Waals surface area contributed by atoms with Crippen molar-refractivity contribution < 1.29 is 9.32 Å². The second-order valence-electron chi connectivity index (χ2n) is 5.99. The highest BCUT2D eigenvalue weighted by molar-refractivity contribution is 14.0. The predicted octanol–water partition coefficient (Wildman–Crippen LogP) is 2.30. The Balaban J connectivity index is 0.00000364. The van der Waals surface area contributed by atoms with Crippen LogP contribution in [0.4, 0.5) is 0 Å². The quantitative estimate of drug-likeness (QED) is 0.229. The highest BCUT2D eigenvalue weighted by Gasteiger charge is 2.08. The maximum Gasteiger partial charge on any atom is 0.252 e. The first-order valence-electron chi connectivity index (χ1n) is 8.76. The number of rotatable bonds is 8. The zero-order chi connectivity index (χ0) is 18.8. The van der Waals surface area contributed by atoms with E-state index in [1.807, 2.05) is 13.0 Å². The Labute approximate surface area is 176 Å². The summed E-state index contributed by atoms with van der Waals surface area (Å²) in [5, 5.41) is 13.2. The fraction of sp³-hybridized carbons (Fsp3) is 0.444. The minimum absolute atomic E-state index is 0. The van der Waals surface area contributed by atoms with Gasteiger partial charge in [-0.05, 0) is 25.0 Å². The van der Waals surface area contributed by atoms with Gasteiger partial charge < -0.3 is 20.5 Å². The molecule has 0 atom stereocenters. The van der Waals surface area contributed by atoms with E-state index in [0.29, 0.717) is 37.1 Å². The Morgan fingerprint density at radius 3 is 2.67 bits per heavy atom. The fourth-order valence-electron chi connectivity index (χ4n) is 2.13. The summed E-state index contributed by atoms with van der Waals surface area (Å²) in [6.45, 7) is 8.28. The number of pyridine rings is 1. The molecule has 148 valence electrons. The number of hydrogen-bond donors (Lipinski definition) is 3. The molecular formula is C18H27IN6O2. The van der Waals surface area contributed by atoms with Gasteiger partial charge in [-0.25, -0.2) is 4.99 Å². The van der Waals surface area contributed by atoms with Gasteiger partial charge in [0.15, 0.2) is 11.7 Å². The number of carbonyl (C=O) groups excluding carboxylic acids is 1. The highest BCUT2D eigenvalue weighted by atomic mass is 127. The highest BCUT2D eigenvalue weighted by Crippen LogP contribution is 2.14. The van der Waals surface area contributed by atoms with E-state index in [1.165, 1.54) is 6.20 Å². The molecule has 0 saturated carbocycles. The average Bonchev–Trinajstić information content (AvgIpc) is 3.13. The summed E-state index contributed by atoms with van der Waals surface area (Å²) < 4.78 is 5.29. The van der Waals surface area contributed by atoms with Crippen LogP contribution in [0.2, 0.25) is 0 Å². The van der Waals surface area contributed by atoms with Crippen LogP contribution < -0.4 is 16.0 Å². The predicted molar refractivity (Wildman–Crippen MR) is 115 cm³/mol. The molecule has 3 N–H and O–H groups in total. The summed E-state index contributed by atoms with van der Waals surface area (Å²) in [7, 11) is 0. The number of nitrogens with zero attached hydrogens (tertiary/aromatic N) is 3. The van der Waals surface area contributed by atoms with Crippen molar-refractivity contribution >= 4 is 35.8 Å². The third kappa shape index (κ3) is 7.94. The molecule has 0 fully saturated rings. The van der Waals surface area contributed by atoms with Crippen molar-refractivity contribution in [3.63, 3.8) is 0 Å². The van der Waals surface area contributed by atoms with Crippen LogP contribution in [0.5, 0.6) is 0 Å². The van der Waals surface area contributed by atoms with Crippen molar-refractivity contribution in [2.75, 3.05) is 19.6 Å². The molecule has 2 rings (SSSR count). The Kier molecular flexibility index (Phi) is 10.4. The molecule has 0 aliphatic rings. The molecule has 2 aromatic heterocycles. The van der Waals surface area contributed by atoms with Crippen molar-refractivity contribution in [2.24, 2.45) is 4.99 Å². The van der Waals surface area contributed by atoms with Crippen molar-refractivity contribution in [3.8, 4) is 0 Å². The molecule has 27 heavy (non-hydrogen) atoms. The van der Waals surface area contributed by atoms with Crippen LogP contribution in [0.15, 0.2) is 40.1 Å². The van der Waals surface area contributed by atoms with E-state index in [0.717, 1.165) is 18.0 Å². The van der Waals surface area contributed by atoms with Gasteiger partial charge in [0.05, 0.1) is 11.3 Å². The van der Waals surface area contributed by atoms with Gasteiger partial charge in [-0.15, -0.1) is 24.0 Å². The number of aliphatic imine (C=N–C) groups is 1. The second kappa shape index (κ2) is 12.3. The molecule has 2 heterocycles. The molecule has 2 aromatic rings. The molecule has 0 bridgehead atoms. The summed E-state index contributed by atoms with van der Waals surface area (Å²) in [6, 6.07) is 5.38. The molecule has 1 amide bonds. The van der Waals surface area contributed by atoms with Gasteiger partial charge in [0.25, 0.3) is 5.91 Å². The third-order valence-corrected chi connectivity index (χ3v) is 3.53. The standard InChI is InChI=1S/C18H26N6O2.HI/c1-4-20-18(23-12-15-10-16(13(2)3)24-26-15)22-9-8-21-17(25)14-6-5-7-19-11-14;/h5-7,10-11,13H,4,8-9,12H2,1-3H3,(H,21,25)(H2,20,22,23);1H. The van der Waals surface area contributed by atoms with Crippen molar-refractivity contribution in [1.29, 1.82) is 0 Å². The first-order valence-corrected chi connectivity index (χ1v) is 8.76. The zero-order valence-electron chi connectivity index (χ0n) is 15.9. The van der Waals surface area contributed by atoms with Gasteiger partial charge in [-0.2, -0.15) is 0 Å². The normalized spacial score (nSPS) is 11.0. The molecule has 8 nitrogen and oxygen atoms in total. The number of hydrogen-bond acceptors (Lipinski definition) is 5. The van der Waals surface area contributed by atoms with Crippen LogP contribution in [0.25, 0.3) is 0 Å². The monoisotopic (exact) mass is 486 g/mol. The average molecular weight is 486 g/mol. The minimum Gasteiger partial charge on any atom is -0.359 e. The Hall–Kier alpha value is -2.17. The summed E-state index contributed by atoms with van der Waals surface area (Å²) >= 11 is 0. The maximum atomic E-state index is 11.9. The van der Waals surface area contributed by atoms with Gasteiger partial charge >= 0.3 is 0 Å². The van der Waals surface area contributed by atoms with Crippen LogP contribution in [-0.4, -0.2) is 41.6 Å². The number of halogens is 1. The van der Waals surface area contributed by atoms with E-state index in [-0.39, 0.29) is 29.9 Å². The molecule has 0 spiro atoms. The van der Waals surface area contributed by atoms with Gasteiger partial charge in [0, 0.05) is 38.1 Å². The molecule has 0 unspecified atom stereocenters. The van der Waals surface area contributed by atoms with E-state index >= 15 is 0 Å². The van der Waals surface area contributed by atoms with Crippen LogP contribution in [0.1, 0.15) is 48.5 Å². The number of amides is 1. The molecule has 0 radical (unpaired) electrons. The maximum absolute atomic E-state index is 11.9. The SMILES string of the molecule is CCNC(=NCc1cc(C(C)C)no1)NCCNC(=O)c1cccnc1.I. The smallest absolute Gasteiger partial charge is 0.252 e. The van der Waals surface area contributed by atoms with Crippen molar-refractivity contribution in [3.05, 3.63) is 47.6 Å². The number of carbonyl (C=O) groups is 1. The molecular weight excluding hydrogens is 459 g/mol. The van der Waals surface area contributed by atoms with Crippen LogP contribution in [-0.2, 0) is 6.54 Å².